The van der Waals surface area contributed by atoms with Crippen molar-refractivity contribution in [1.29, 1.82) is 0 Å². The van der Waals surface area contributed by atoms with Crippen LogP contribution in [0, 0.1) is 0 Å². The van der Waals surface area contributed by atoms with Crippen LogP contribution in [-0.4, -0.2) is 66.6 Å². The van der Waals surface area contributed by atoms with E-state index in [0.717, 1.165) is 35.7 Å². The summed E-state index contributed by atoms with van der Waals surface area (Å²) in [6, 6.07) is 7.94. The van der Waals surface area contributed by atoms with E-state index in [9.17, 15) is 4.79 Å². The Hall–Kier alpha value is -3.37. The Morgan fingerprint density at radius 2 is 2.12 bits per heavy atom. The molecule has 3 aromatic rings. The normalized spacial score (nSPS) is 19.4. The van der Waals surface area contributed by atoms with Gasteiger partial charge in [0.25, 0.3) is 0 Å². The van der Waals surface area contributed by atoms with E-state index in [0.29, 0.717) is 43.3 Å². The summed E-state index contributed by atoms with van der Waals surface area (Å²) in [7, 11) is 1.83. The molecule has 1 amide bonds. The average molecular weight is 438 g/mol. The molecule has 0 saturated carbocycles. The first-order chi connectivity index (χ1) is 15.6. The van der Waals surface area contributed by atoms with Gasteiger partial charge in [-0.1, -0.05) is 0 Å². The number of hydrogen-bond donors (Lipinski definition) is 3. The second-order valence-corrected chi connectivity index (χ2v) is 8.02. The van der Waals surface area contributed by atoms with E-state index < -0.39 is 0 Å². The molecular formula is C22H27N7O3. The fourth-order valence-electron chi connectivity index (χ4n) is 4.11. The molecule has 1 saturated heterocycles. The minimum absolute atomic E-state index is 0.184. The molecule has 4 heterocycles. The molecule has 2 aromatic heterocycles. The van der Waals surface area contributed by atoms with E-state index in [1.807, 2.05) is 13.1 Å². The molecule has 0 aliphatic carbocycles. The molecule has 168 valence electrons. The van der Waals surface area contributed by atoms with Crippen LogP contribution in [0.4, 0.5) is 27.7 Å². The van der Waals surface area contributed by atoms with Gasteiger partial charge in [0.05, 0.1) is 31.6 Å². The van der Waals surface area contributed by atoms with Gasteiger partial charge in [0.2, 0.25) is 0 Å². The standard InChI is InChI=1S/C22H27N7O3/c1-14-11-28(4-6-32-14)17-8-15-7-16(9-17)26-19-10-18(23-2)20-21(27-19)29(13-25-20)22(30)24-3-5-31-12-15/h7-10,13-14H,3-6,11-12H2,1-2H3,(H,24,30)(H2,23,26,27). The third-order valence-corrected chi connectivity index (χ3v) is 5.64. The molecule has 3 N–H and O–H groups in total. The van der Waals surface area contributed by atoms with Gasteiger partial charge in [-0.2, -0.15) is 0 Å². The van der Waals surface area contributed by atoms with Crippen molar-refractivity contribution >= 4 is 40.1 Å². The number of benzene rings is 1. The second-order valence-electron chi connectivity index (χ2n) is 8.02. The van der Waals surface area contributed by atoms with Crippen LogP contribution in [0.1, 0.15) is 12.5 Å². The van der Waals surface area contributed by atoms with Crippen LogP contribution < -0.4 is 20.9 Å². The number of morpholine rings is 1. The lowest BCUT2D eigenvalue weighted by atomic mass is 10.1. The van der Waals surface area contributed by atoms with Gasteiger partial charge in [-0.15, -0.1) is 0 Å². The van der Waals surface area contributed by atoms with Crippen molar-refractivity contribution in [2.45, 2.75) is 19.6 Å². The van der Waals surface area contributed by atoms with Crippen LogP contribution >= 0.6 is 0 Å². The van der Waals surface area contributed by atoms with Gasteiger partial charge in [-0.25, -0.2) is 19.3 Å². The molecule has 1 atom stereocenters. The van der Waals surface area contributed by atoms with Crippen molar-refractivity contribution in [3.63, 3.8) is 0 Å². The largest absolute Gasteiger partial charge is 0.386 e. The predicted octanol–water partition coefficient (Wildman–Crippen LogP) is 2.53. The number of imidazole rings is 1. The van der Waals surface area contributed by atoms with Crippen molar-refractivity contribution in [2.24, 2.45) is 0 Å². The molecule has 1 unspecified atom stereocenters. The maximum Gasteiger partial charge on any atom is 0.328 e. The highest BCUT2D eigenvalue weighted by atomic mass is 16.5. The molecule has 4 bridgehead atoms. The van der Waals surface area contributed by atoms with Crippen LogP contribution in [0.5, 0.6) is 0 Å². The number of pyridine rings is 1. The molecule has 10 nitrogen and oxygen atoms in total. The molecular weight excluding hydrogens is 410 g/mol. The van der Waals surface area contributed by atoms with E-state index in [1.54, 1.807) is 0 Å². The van der Waals surface area contributed by atoms with E-state index in [2.05, 4.69) is 51.0 Å². The summed E-state index contributed by atoms with van der Waals surface area (Å²) in [6.07, 6.45) is 1.67. The van der Waals surface area contributed by atoms with Crippen LogP contribution in [-0.2, 0) is 16.1 Å². The SMILES string of the molecule is CNc1cc2nc3c1ncn3C(=O)NCCOCc1cc(cc(N3CCOC(C)C3)c1)N2. The van der Waals surface area contributed by atoms with Crippen molar-refractivity contribution in [3.8, 4) is 0 Å². The lowest BCUT2D eigenvalue weighted by Gasteiger charge is -2.33. The lowest BCUT2D eigenvalue weighted by molar-refractivity contribution is 0.0532. The van der Waals surface area contributed by atoms with Crippen LogP contribution in [0.2, 0.25) is 0 Å². The number of ether oxygens (including phenoxy) is 2. The molecule has 1 aromatic carbocycles. The van der Waals surface area contributed by atoms with E-state index in [1.165, 1.54) is 10.9 Å². The Morgan fingerprint density at radius 3 is 2.97 bits per heavy atom. The molecule has 10 heteroatoms. The summed E-state index contributed by atoms with van der Waals surface area (Å²) >= 11 is 0. The number of fused-ring (bicyclic) bond motifs is 3. The molecule has 2 aliphatic rings. The number of rotatable bonds is 2. The Kier molecular flexibility index (Phi) is 5.54. The van der Waals surface area contributed by atoms with Crippen molar-refractivity contribution < 1.29 is 14.3 Å². The van der Waals surface area contributed by atoms with Crippen LogP contribution in [0.25, 0.3) is 11.2 Å². The van der Waals surface area contributed by atoms with E-state index >= 15 is 0 Å². The number of anilines is 4. The topological polar surface area (TPSA) is 106 Å². The van der Waals surface area contributed by atoms with Gasteiger partial charge in [0.1, 0.15) is 17.7 Å². The van der Waals surface area contributed by atoms with Gasteiger partial charge < -0.3 is 30.3 Å². The lowest BCUT2D eigenvalue weighted by Crippen LogP contribution is -2.41. The number of hydrogen-bond acceptors (Lipinski definition) is 8. The third kappa shape index (κ3) is 4.06. The predicted molar refractivity (Wildman–Crippen MR) is 123 cm³/mol. The number of nitrogens with one attached hydrogen (secondary N) is 3. The van der Waals surface area contributed by atoms with E-state index in [4.69, 9.17) is 14.5 Å². The van der Waals surface area contributed by atoms with Crippen molar-refractivity contribution in [1.82, 2.24) is 19.9 Å². The molecule has 32 heavy (non-hydrogen) atoms. The number of nitrogens with zero attached hydrogens (tertiary/aromatic N) is 4. The fraction of sp³-hybridized carbons (Fsp3) is 0.409. The average Bonchev–Trinajstić information content (AvgIpc) is 3.21. The summed E-state index contributed by atoms with van der Waals surface area (Å²) in [5, 5.41) is 9.43. The number of carbonyl (C=O) groups excluding carboxylic acids is 1. The number of carbonyl (C=O) groups is 1. The number of aromatic nitrogens is 3. The maximum atomic E-state index is 12.6. The van der Waals surface area contributed by atoms with Crippen LogP contribution in [0.3, 0.4) is 0 Å². The van der Waals surface area contributed by atoms with Gasteiger partial charge in [0, 0.05) is 44.1 Å². The Morgan fingerprint density at radius 1 is 1.22 bits per heavy atom. The third-order valence-electron chi connectivity index (χ3n) is 5.64. The second kappa shape index (κ2) is 8.64. The molecule has 0 radical (unpaired) electrons. The molecule has 0 spiro atoms. The first-order valence-electron chi connectivity index (χ1n) is 10.8. The maximum absolute atomic E-state index is 12.6. The number of amides is 1. The zero-order valence-electron chi connectivity index (χ0n) is 18.2. The highest BCUT2D eigenvalue weighted by molar-refractivity contribution is 5.94. The highest BCUT2D eigenvalue weighted by Crippen LogP contribution is 2.29. The molecule has 5 rings (SSSR count). The monoisotopic (exact) mass is 437 g/mol. The van der Waals surface area contributed by atoms with Gasteiger partial charge in [-0.3, -0.25) is 0 Å². The zero-order valence-corrected chi connectivity index (χ0v) is 18.2. The van der Waals surface area contributed by atoms with Gasteiger partial charge >= 0.3 is 6.03 Å². The van der Waals surface area contributed by atoms with Gasteiger partial charge in [-0.05, 0) is 30.7 Å². The first kappa shape index (κ1) is 20.5. The fourth-order valence-corrected chi connectivity index (χ4v) is 4.11. The first-order valence-corrected chi connectivity index (χ1v) is 10.8. The molecule has 1 fully saturated rings. The van der Waals surface area contributed by atoms with Crippen LogP contribution in [0.15, 0.2) is 30.6 Å². The zero-order chi connectivity index (χ0) is 22.1. The van der Waals surface area contributed by atoms with Crippen molar-refractivity contribution in [3.05, 3.63) is 36.2 Å². The quantitative estimate of drug-likeness (QED) is 0.562. The van der Waals surface area contributed by atoms with Crippen molar-refractivity contribution in [2.75, 3.05) is 55.4 Å². The summed E-state index contributed by atoms with van der Waals surface area (Å²) < 4.78 is 13.0. The smallest absolute Gasteiger partial charge is 0.328 e. The molecule has 2 aliphatic heterocycles. The van der Waals surface area contributed by atoms with E-state index in [-0.39, 0.29) is 12.1 Å². The Balaban J connectivity index is 1.58. The Bertz CT molecular complexity index is 1150. The Labute approximate surface area is 185 Å². The summed E-state index contributed by atoms with van der Waals surface area (Å²) in [4.78, 5) is 24.0. The minimum atomic E-state index is -0.290. The summed E-state index contributed by atoms with van der Waals surface area (Å²) in [6.45, 7) is 5.72. The minimum Gasteiger partial charge on any atom is -0.386 e. The summed E-state index contributed by atoms with van der Waals surface area (Å²) in [5.74, 6) is 0.618. The van der Waals surface area contributed by atoms with Gasteiger partial charge in [0.15, 0.2) is 5.65 Å². The summed E-state index contributed by atoms with van der Waals surface area (Å²) in [5.41, 5.74) is 4.97. The highest BCUT2D eigenvalue weighted by Gasteiger charge is 2.19.